The number of carbonyl (C=O) groups is 1. The van der Waals surface area contributed by atoms with Gasteiger partial charge in [-0.2, -0.15) is 0 Å². The van der Waals surface area contributed by atoms with Gasteiger partial charge in [-0.3, -0.25) is 4.79 Å². The summed E-state index contributed by atoms with van der Waals surface area (Å²) < 4.78 is 0. The normalized spacial score (nSPS) is 32.3. The van der Waals surface area contributed by atoms with Gasteiger partial charge in [0.15, 0.2) is 0 Å². The fourth-order valence-corrected chi connectivity index (χ4v) is 2.84. The van der Waals surface area contributed by atoms with E-state index in [1.807, 2.05) is 13.0 Å². The van der Waals surface area contributed by atoms with Crippen LogP contribution in [0.15, 0.2) is 33.9 Å². The fraction of sp³-hybridized carbons (Fsp3) is 0.500. The van der Waals surface area contributed by atoms with Crippen LogP contribution >= 0.6 is 0 Å². The number of rotatable bonds is 0. The third kappa shape index (κ3) is 1.29. The molecule has 2 unspecified atom stereocenters. The maximum absolute atomic E-state index is 11.9. The van der Waals surface area contributed by atoms with Gasteiger partial charge < -0.3 is 5.32 Å². The van der Waals surface area contributed by atoms with E-state index in [9.17, 15) is 4.79 Å². The zero-order valence-corrected chi connectivity index (χ0v) is 10.6. The summed E-state index contributed by atoms with van der Waals surface area (Å²) in [6.07, 6.45) is 1.95. The van der Waals surface area contributed by atoms with Gasteiger partial charge in [-0.15, -0.1) is 0 Å². The van der Waals surface area contributed by atoms with Crippen LogP contribution in [0.2, 0.25) is 0 Å². The van der Waals surface area contributed by atoms with E-state index >= 15 is 0 Å². The van der Waals surface area contributed by atoms with Gasteiger partial charge in [-0.1, -0.05) is 11.6 Å². The van der Waals surface area contributed by atoms with Crippen molar-refractivity contribution in [2.24, 2.45) is 5.92 Å². The van der Waals surface area contributed by atoms with Crippen LogP contribution in [0.25, 0.3) is 0 Å². The topological polar surface area (TPSA) is 29.1 Å². The van der Waals surface area contributed by atoms with Crippen LogP contribution in [0.4, 0.5) is 0 Å². The summed E-state index contributed by atoms with van der Waals surface area (Å²) in [6.45, 7) is 10.5. The molecular formula is C14H19NO. The lowest BCUT2D eigenvalue weighted by atomic mass is 9.76. The fourth-order valence-electron chi connectivity index (χ4n) is 2.84. The molecule has 1 aliphatic heterocycles. The Balaban J connectivity index is 2.59. The van der Waals surface area contributed by atoms with Crippen molar-refractivity contribution in [3.05, 3.63) is 33.9 Å². The van der Waals surface area contributed by atoms with Gasteiger partial charge in [-0.05, 0) is 51.3 Å². The highest BCUT2D eigenvalue weighted by molar-refractivity contribution is 5.98. The Hall–Kier alpha value is -1.31. The minimum atomic E-state index is 0.0960. The highest BCUT2D eigenvalue weighted by Crippen LogP contribution is 2.41. The largest absolute Gasteiger partial charge is 0.345 e. The van der Waals surface area contributed by atoms with Gasteiger partial charge in [-0.25, -0.2) is 0 Å². The quantitative estimate of drug-likeness (QED) is 0.621. The van der Waals surface area contributed by atoms with E-state index in [0.717, 1.165) is 5.57 Å². The Bertz CT molecular complexity index is 451. The molecule has 1 aliphatic carbocycles. The molecule has 1 amide bonds. The molecule has 0 spiro atoms. The van der Waals surface area contributed by atoms with Crippen molar-refractivity contribution in [1.82, 2.24) is 5.32 Å². The standard InChI is InChI=1S/C14H19NO/c1-6-11-12-9(4)7(2)8(3)10(5)13(12)15-14(11)16/h6,12-13H,1-5H3,(H,15,16)/b11-6-. The van der Waals surface area contributed by atoms with E-state index in [2.05, 4.69) is 33.0 Å². The summed E-state index contributed by atoms with van der Waals surface area (Å²) in [5.74, 6) is 0.347. The molecule has 1 saturated heterocycles. The average Bonchev–Trinajstić information content (AvgIpc) is 2.60. The molecule has 2 atom stereocenters. The maximum atomic E-state index is 11.9. The maximum Gasteiger partial charge on any atom is 0.248 e. The number of amides is 1. The van der Waals surface area contributed by atoms with Crippen molar-refractivity contribution in [2.75, 3.05) is 0 Å². The zero-order chi connectivity index (χ0) is 12.0. The number of nitrogens with one attached hydrogen (secondary N) is 1. The van der Waals surface area contributed by atoms with Gasteiger partial charge >= 0.3 is 0 Å². The van der Waals surface area contributed by atoms with Crippen LogP contribution in [-0.4, -0.2) is 11.9 Å². The molecule has 0 aromatic rings. The first kappa shape index (κ1) is 11.2. The molecule has 2 aliphatic rings. The van der Waals surface area contributed by atoms with E-state index < -0.39 is 0 Å². The van der Waals surface area contributed by atoms with Crippen molar-refractivity contribution in [2.45, 2.75) is 40.7 Å². The van der Waals surface area contributed by atoms with Gasteiger partial charge in [0.2, 0.25) is 5.91 Å². The predicted molar refractivity (Wildman–Crippen MR) is 65.9 cm³/mol. The third-order valence-electron chi connectivity index (χ3n) is 4.21. The van der Waals surface area contributed by atoms with Crippen molar-refractivity contribution in [1.29, 1.82) is 0 Å². The lowest BCUT2D eigenvalue weighted by Gasteiger charge is -2.30. The van der Waals surface area contributed by atoms with Gasteiger partial charge in [0.05, 0.1) is 6.04 Å². The molecule has 2 nitrogen and oxygen atoms in total. The Morgan fingerprint density at radius 2 is 1.62 bits per heavy atom. The summed E-state index contributed by atoms with van der Waals surface area (Å²) >= 11 is 0. The van der Waals surface area contributed by atoms with Crippen molar-refractivity contribution < 1.29 is 4.79 Å². The van der Waals surface area contributed by atoms with Crippen molar-refractivity contribution in [3.8, 4) is 0 Å². The first-order valence-electron chi connectivity index (χ1n) is 5.81. The number of hydrogen-bond donors (Lipinski definition) is 1. The second kappa shape index (κ2) is 3.62. The minimum Gasteiger partial charge on any atom is -0.345 e. The Morgan fingerprint density at radius 3 is 2.19 bits per heavy atom. The van der Waals surface area contributed by atoms with Crippen LogP contribution in [0, 0.1) is 5.92 Å². The van der Waals surface area contributed by atoms with E-state index in [-0.39, 0.29) is 17.9 Å². The Morgan fingerprint density at radius 1 is 1.06 bits per heavy atom. The van der Waals surface area contributed by atoms with E-state index in [1.165, 1.54) is 22.3 Å². The van der Waals surface area contributed by atoms with Gasteiger partial charge in [0.1, 0.15) is 0 Å². The molecular weight excluding hydrogens is 198 g/mol. The number of fused-ring (bicyclic) bond motifs is 1. The monoisotopic (exact) mass is 217 g/mol. The SMILES string of the molecule is C/C=C1\C(=O)NC2C(C)=C(C)C(C)=C(C)C12. The zero-order valence-electron chi connectivity index (χ0n) is 10.6. The lowest BCUT2D eigenvalue weighted by Crippen LogP contribution is -2.33. The summed E-state index contributed by atoms with van der Waals surface area (Å²) in [4.78, 5) is 11.9. The molecule has 0 bridgehead atoms. The Labute approximate surface area is 97.1 Å². The average molecular weight is 217 g/mol. The molecule has 1 N–H and O–H groups in total. The molecule has 2 heteroatoms. The Kier molecular flexibility index (Phi) is 2.53. The van der Waals surface area contributed by atoms with Crippen molar-refractivity contribution in [3.63, 3.8) is 0 Å². The first-order chi connectivity index (χ1) is 7.49. The molecule has 16 heavy (non-hydrogen) atoms. The van der Waals surface area contributed by atoms with Crippen LogP contribution < -0.4 is 5.32 Å². The summed E-state index contributed by atoms with van der Waals surface area (Å²) in [5, 5.41) is 3.09. The highest BCUT2D eigenvalue weighted by Gasteiger charge is 2.41. The molecule has 0 aromatic heterocycles. The number of hydrogen-bond acceptors (Lipinski definition) is 1. The lowest BCUT2D eigenvalue weighted by molar-refractivity contribution is -0.116. The van der Waals surface area contributed by atoms with Crippen LogP contribution in [0.3, 0.4) is 0 Å². The molecule has 86 valence electrons. The van der Waals surface area contributed by atoms with Crippen molar-refractivity contribution >= 4 is 5.91 Å². The summed E-state index contributed by atoms with van der Waals surface area (Å²) in [7, 11) is 0. The van der Waals surface area contributed by atoms with Crippen LogP contribution in [0.1, 0.15) is 34.6 Å². The van der Waals surface area contributed by atoms with Crippen LogP contribution in [-0.2, 0) is 4.79 Å². The molecule has 2 rings (SSSR count). The van der Waals surface area contributed by atoms with Gasteiger partial charge in [0.25, 0.3) is 0 Å². The van der Waals surface area contributed by atoms with Crippen LogP contribution in [0.5, 0.6) is 0 Å². The molecule has 0 radical (unpaired) electrons. The first-order valence-corrected chi connectivity index (χ1v) is 5.81. The predicted octanol–water partition coefficient (Wildman–Crippen LogP) is 2.73. The number of carbonyl (C=O) groups excluding carboxylic acids is 1. The van der Waals surface area contributed by atoms with Gasteiger partial charge in [0, 0.05) is 11.5 Å². The second-order valence-corrected chi connectivity index (χ2v) is 4.79. The van der Waals surface area contributed by atoms with E-state index in [1.54, 1.807) is 0 Å². The summed E-state index contributed by atoms with van der Waals surface area (Å²) in [6, 6.07) is 0.183. The highest BCUT2D eigenvalue weighted by atomic mass is 16.2. The molecule has 1 heterocycles. The summed E-state index contributed by atoms with van der Waals surface area (Å²) in [5.41, 5.74) is 6.23. The van der Waals surface area contributed by atoms with E-state index in [0.29, 0.717) is 0 Å². The smallest absolute Gasteiger partial charge is 0.248 e. The second-order valence-electron chi connectivity index (χ2n) is 4.79. The molecule has 1 fully saturated rings. The number of allylic oxidation sites excluding steroid dienone is 3. The third-order valence-corrected chi connectivity index (χ3v) is 4.21. The minimum absolute atomic E-state index is 0.0960. The molecule has 0 aromatic carbocycles. The molecule has 0 saturated carbocycles. The van der Waals surface area contributed by atoms with E-state index in [4.69, 9.17) is 0 Å².